The predicted octanol–water partition coefficient (Wildman–Crippen LogP) is 3.84. The highest BCUT2D eigenvalue weighted by Crippen LogP contribution is 2.07. The number of hydrogen-bond donors (Lipinski definition) is 4. The van der Waals surface area contributed by atoms with Crippen molar-refractivity contribution >= 4 is 11.9 Å². The van der Waals surface area contributed by atoms with Crippen molar-refractivity contribution in [3.63, 3.8) is 0 Å². The van der Waals surface area contributed by atoms with Gasteiger partial charge in [0, 0.05) is 12.8 Å². The van der Waals surface area contributed by atoms with Crippen LogP contribution in [0.1, 0.15) is 70.6 Å². The van der Waals surface area contributed by atoms with Gasteiger partial charge in [0.25, 0.3) is 0 Å². The molecule has 0 aliphatic carbocycles. The van der Waals surface area contributed by atoms with Crippen LogP contribution in [0.2, 0.25) is 0 Å². The average Bonchev–Trinajstić information content (AvgIpc) is 2.59. The van der Waals surface area contributed by atoms with Crippen LogP contribution < -0.4 is 0 Å². The van der Waals surface area contributed by atoms with Gasteiger partial charge < -0.3 is 20.4 Å². The van der Waals surface area contributed by atoms with E-state index in [2.05, 4.69) is 0 Å². The Morgan fingerprint density at radius 1 is 0.741 bits per heavy atom. The van der Waals surface area contributed by atoms with Gasteiger partial charge in [-0.2, -0.15) is 0 Å². The molecule has 0 aromatic heterocycles. The molecular weight excluding hydrogens is 348 g/mol. The molecule has 0 saturated heterocycles. The zero-order valence-electron chi connectivity index (χ0n) is 16.0. The van der Waals surface area contributed by atoms with Crippen LogP contribution in [0.15, 0.2) is 36.5 Å². The molecule has 0 aliphatic heterocycles. The van der Waals surface area contributed by atoms with Gasteiger partial charge in [-0.3, -0.25) is 9.59 Å². The first kappa shape index (κ1) is 25.1. The molecule has 0 bridgehead atoms. The van der Waals surface area contributed by atoms with Crippen LogP contribution in [0.25, 0.3) is 0 Å². The topological polar surface area (TPSA) is 115 Å². The van der Waals surface area contributed by atoms with Crippen LogP contribution >= 0.6 is 0 Å². The van der Waals surface area contributed by atoms with Crippen LogP contribution in [0.3, 0.4) is 0 Å². The summed E-state index contributed by atoms with van der Waals surface area (Å²) < 4.78 is 0. The number of hydrogen-bond acceptors (Lipinski definition) is 4. The lowest BCUT2D eigenvalue weighted by Crippen LogP contribution is -2.04. The quantitative estimate of drug-likeness (QED) is 0.173. The summed E-state index contributed by atoms with van der Waals surface area (Å²) in [7, 11) is 0. The molecule has 6 nitrogen and oxygen atoms in total. The first-order valence-corrected chi connectivity index (χ1v) is 9.70. The molecule has 0 aliphatic rings. The van der Waals surface area contributed by atoms with Gasteiger partial charge in [-0.25, -0.2) is 0 Å². The van der Waals surface area contributed by atoms with Gasteiger partial charge in [0.05, 0.1) is 12.2 Å². The zero-order valence-corrected chi connectivity index (χ0v) is 16.0. The molecule has 0 unspecified atom stereocenters. The standard InChI is InChI=1S/C21H34O6/c22-18(12-7-3-1-2-4-10-16-20(24)25)13-8-5-6-9-14-19(23)15-11-17-21(26)27/h3,5-7,9,14,18-19,22-23H,1-2,4,8,10-13,15-17H2,(H,24,25)(H,26,27)/b6-5+,7-3-,14-9-/t18-,19+/m0/s1. The molecule has 4 N–H and O–H groups in total. The number of allylic oxidation sites excluding steroid dienone is 4. The minimum atomic E-state index is -0.852. The molecule has 0 aromatic carbocycles. The van der Waals surface area contributed by atoms with E-state index in [9.17, 15) is 19.8 Å². The first-order valence-electron chi connectivity index (χ1n) is 9.70. The minimum Gasteiger partial charge on any atom is -0.481 e. The van der Waals surface area contributed by atoms with Gasteiger partial charge in [-0.15, -0.1) is 0 Å². The van der Waals surface area contributed by atoms with Crippen molar-refractivity contribution < 1.29 is 30.0 Å². The number of unbranched alkanes of at least 4 members (excludes halogenated alkanes) is 3. The highest BCUT2D eigenvalue weighted by atomic mass is 16.4. The van der Waals surface area contributed by atoms with Crippen molar-refractivity contribution in [1.29, 1.82) is 0 Å². The first-order chi connectivity index (χ1) is 12.9. The van der Waals surface area contributed by atoms with Gasteiger partial charge in [0.2, 0.25) is 0 Å². The van der Waals surface area contributed by atoms with E-state index in [-0.39, 0.29) is 18.9 Å². The minimum absolute atomic E-state index is 0.0673. The second kappa shape index (κ2) is 17.5. The maximum absolute atomic E-state index is 10.4. The van der Waals surface area contributed by atoms with Gasteiger partial charge in [0.15, 0.2) is 0 Å². The Hall–Kier alpha value is -1.92. The van der Waals surface area contributed by atoms with Crippen LogP contribution in [-0.4, -0.2) is 44.6 Å². The lowest BCUT2D eigenvalue weighted by molar-refractivity contribution is -0.138. The summed E-state index contributed by atoms with van der Waals surface area (Å²) in [5.41, 5.74) is 0. The maximum atomic E-state index is 10.4. The molecule has 0 spiro atoms. The molecule has 6 heteroatoms. The molecule has 0 aromatic rings. The van der Waals surface area contributed by atoms with Gasteiger partial charge in [0.1, 0.15) is 0 Å². The Morgan fingerprint density at radius 3 is 2.15 bits per heavy atom. The van der Waals surface area contributed by atoms with Crippen molar-refractivity contribution in [2.75, 3.05) is 0 Å². The van der Waals surface area contributed by atoms with E-state index in [0.29, 0.717) is 32.1 Å². The Bertz CT molecular complexity index is 481. The molecule has 0 radical (unpaired) electrons. The third-order valence-corrected chi connectivity index (χ3v) is 3.97. The van der Waals surface area contributed by atoms with E-state index < -0.39 is 18.0 Å². The number of carboxylic acid groups (broad SMARTS) is 2. The molecular formula is C21H34O6. The van der Waals surface area contributed by atoms with Crippen molar-refractivity contribution in [2.45, 2.75) is 82.8 Å². The molecule has 0 rings (SSSR count). The highest BCUT2D eigenvalue weighted by Gasteiger charge is 2.02. The maximum Gasteiger partial charge on any atom is 0.303 e. The van der Waals surface area contributed by atoms with Crippen molar-refractivity contribution in [1.82, 2.24) is 0 Å². The third kappa shape index (κ3) is 20.2. The fraction of sp³-hybridized carbons (Fsp3) is 0.619. The lowest BCUT2D eigenvalue weighted by atomic mass is 10.1. The molecule has 2 atom stereocenters. The molecule has 0 fully saturated rings. The summed E-state index contributed by atoms with van der Waals surface area (Å²) >= 11 is 0. The monoisotopic (exact) mass is 382 g/mol. The summed E-state index contributed by atoms with van der Waals surface area (Å²) in [4.78, 5) is 20.7. The SMILES string of the molecule is O=C(O)CCCCC/C=C\C[C@H](O)CC/C=C/C=C\[C@@H](O)CCCC(=O)O. The van der Waals surface area contributed by atoms with E-state index >= 15 is 0 Å². The summed E-state index contributed by atoms with van der Waals surface area (Å²) in [6.45, 7) is 0. The molecule has 27 heavy (non-hydrogen) atoms. The second-order valence-corrected chi connectivity index (χ2v) is 6.60. The summed E-state index contributed by atoms with van der Waals surface area (Å²) in [6, 6.07) is 0. The van der Waals surface area contributed by atoms with Crippen LogP contribution in [-0.2, 0) is 9.59 Å². The van der Waals surface area contributed by atoms with Crippen LogP contribution in [0.4, 0.5) is 0 Å². The average molecular weight is 382 g/mol. The van der Waals surface area contributed by atoms with E-state index in [1.165, 1.54) is 0 Å². The summed E-state index contributed by atoms with van der Waals surface area (Å²) in [5, 5.41) is 36.6. The Kier molecular flexibility index (Phi) is 16.2. The highest BCUT2D eigenvalue weighted by molar-refractivity contribution is 5.66. The summed E-state index contributed by atoms with van der Waals surface area (Å²) in [6.07, 6.45) is 16.8. The van der Waals surface area contributed by atoms with E-state index in [0.717, 1.165) is 25.7 Å². The Labute approximate surface area is 161 Å². The van der Waals surface area contributed by atoms with Crippen molar-refractivity contribution in [3.05, 3.63) is 36.5 Å². The zero-order chi connectivity index (χ0) is 20.3. The molecule has 0 saturated carbocycles. The number of carboxylic acids is 2. The van der Waals surface area contributed by atoms with E-state index in [1.54, 1.807) is 12.2 Å². The van der Waals surface area contributed by atoms with E-state index in [1.807, 2.05) is 24.3 Å². The number of aliphatic carboxylic acids is 2. The molecule has 0 heterocycles. The van der Waals surface area contributed by atoms with Gasteiger partial charge in [-0.1, -0.05) is 42.9 Å². The smallest absolute Gasteiger partial charge is 0.303 e. The normalized spacial score (nSPS) is 14.3. The van der Waals surface area contributed by atoms with Gasteiger partial charge in [-0.05, 0) is 51.4 Å². The largest absolute Gasteiger partial charge is 0.481 e. The number of aliphatic hydroxyl groups is 2. The van der Waals surface area contributed by atoms with E-state index in [4.69, 9.17) is 10.2 Å². The molecule has 0 amide bonds. The van der Waals surface area contributed by atoms with Gasteiger partial charge >= 0.3 is 11.9 Å². The van der Waals surface area contributed by atoms with Crippen molar-refractivity contribution in [3.8, 4) is 0 Å². The third-order valence-electron chi connectivity index (χ3n) is 3.97. The second-order valence-electron chi connectivity index (χ2n) is 6.60. The fourth-order valence-corrected chi connectivity index (χ4v) is 2.42. The molecule has 154 valence electrons. The van der Waals surface area contributed by atoms with Crippen molar-refractivity contribution in [2.24, 2.45) is 0 Å². The fourth-order valence-electron chi connectivity index (χ4n) is 2.42. The number of carbonyl (C=O) groups is 2. The Morgan fingerprint density at radius 2 is 1.44 bits per heavy atom. The van der Waals surface area contributed by atoms with Crippen LogP contribution in [0, 0.1) is 0 Å². The number of aliphatic hydroxyl groups excluding tert-OH is 2. The number of rotatable bonds is 17. The predicted molar refractivity (Wildman–Crippen MR) is 105 cm³/mol. The Balaban J connectivity index is 3.63. The summed E-state index contributed by atoms with van der Waals surface area (Å²) in [5.74, 6) is -1.60. The lowest BCUT2D eigenvalue weighted by Gasteiger charge is -2.05. The van der Waals surface area contributed by atoms with Crippen LogP contribution in [0.5, 0.6) is 0 Å².